The summed E-state index contributed by atoms with van der Waals surface area (Å²) in [4.78, 5) is 9.46. The number of anilines is 2. The topological polar surface area (TPSA) is 73.1 Å². The van der Waals surface area contributed by atoms with Crippen LogP contribution in [0.1, 0.15) is 71.8 Å². The zero-order chi connectivity index (χ0) is 24.0. The van der Waals surface area contributed by atoms with Gasteiger partial charge in [0.1, 0.15) is 11.6 Å². The molecule has 0 spiro atoms. The van der Waals surface area contributed by atoms with Gasteiger partial charge in [0.05, 0.1) is 17.1 Å². The maximum absolute atomic E-state index is 13.3. The molecule has 1 atom stereocenters. The standard InChI is InChI=1S/C26H29F3N4O/c1-14(17-10-18(26(27,28)29)12-19(30)11-17)31-25-23-13-22(16-6-8-34-9-7-16)20-4-3-5-21(20)24(23)32-15(2)33-25/h10-14,16H,3-9,30H2,1-2H3,(H,31,32,33). The highest BCUT2D eigenvalue weighted by Crippen LogP contribution is 2.41. The molecule has 180 valence electrons. The number of fused-ring (bicyclic) bond motifs is 3. The highest BCUT2D eigenvalue weighted by molar-refractivity contribution is 5.93. The number of hydrogen-bond acceptors (Lipinski definition) is 5. The van der Waals surface area contributed by atoms with Crippen molar-refractivity contribution >= 4 is 22.4 Å². The molecule has 1 aromatic heterocycles. The second kappa shape index (κ2) is 8.73. The van der Waals surface area contributed by atoms with Crippen LogP contribution in [0.5, 0.6) is 0 Å². The predicted molar refractivity (Wildman–Crippen MR) is 127 cm³/mol. The molecule has 1 saturated heterocycles. The summed E-state index contributed by atoms with van der Waals surface area (Å²) in [5, 5.41) is 4.30. The van der Waals surface area contributed by atoms with Crippen LogP contribution >= 0.6 is 0 Å². The fraction of sp³-hybridized carbons (Fsp3) is 0.462. The van der Waals surface area contributed by atoms with E-state index in [9.17, 15) is 13.2 Å². The first-order valence-corrected chi connectivity index (χ1v) is 11.9. The Bertz CT molecular complexity index is 1240. The van der Waals surface area contributed by atoms with Crippen molar-refractivity contribution in [2.75, 3.05) is 24.3 Å². The highest BCUT2D eigenvalue weighted by atomic mass is 19.4. The van der Waals surface area contributed by atoms with Gasteiger partial charge in [-0.1, -0.05) is 0 Å². The molecule has 2 aromatic carbocycles. The minimum absolute atomic E-state index is 0.0850. The number of aryl methyl sites for hydroxylation is 2. The molecule has 3 N–H and O–H groups in total. The fourth-order valence-corrected chi connectivity index (χ4v) is 5.38. The molecule has 0 amide bonds. The quantitative estimate of drug-likeness (QED) is 0.451. The van der Waals surface area contributed by atoms with Crippen LogP contribution in [-0.4, -0.2) is 23.2 Å². The van der Waals surface area contributed by atoms with E-state index in [4.69, 9.17) is 15.5 Å². The number of benzene rings is 2. The number of halogens is 3. The van der Waals surface area contributed by atoms with Gasteiger partial charge in [0.15, 0.2) is 0 Å². The SMILES string of the molecule is Cc1nc(NC(C)c2cc(N)cc(C(F)(F)F)c2)c2cc(C3CCOCC3)c3c(c2n1)CCC3. The van der Waals surface area contributed by atoms with Gasteiger partial charge in [-0.05, 0) is 98.4 Å². The van der Waals surface area contributed by atoms with Gasteiger partial charge in [0, 0.05) is 24.3 Å². The van der Waals surface area contributed by atoms with Crippen LogP contribution in [0, 0.1) is 6.92 Å². The first-order chi connectivity index (χ1) is 16.2. The fourth-order valence-electron chi connectivity index (χ4n) is 5.38. The van der Waals surface area contributed by atoms with E-state index in [-0.39, 0.29) is 5.69 Å². The third-order valence-electron chi connectivity index (χ3n) is 7.03. The number of nitrogens with zero attached hydrogens (tertiary/aromatic N) is 2. The summed E-state index contributed by atoms with van der Waals surface area (Å²) in [6, 6.07) is 5.47. The van der Waals surface area contributed by atoms with Crippen molar-refractivity contribution in [3.8, 4) is 0 Å². The van der Waals surface area contributed by atoms with Crippen LogP contribution < -0.4 is 11.1 Å². The molecule has 5 rings (SSSR count). The van der Waals surface area contributed by atoms with Crippen molar-refractivity contribution in [3.63, 3.8) is 0 Å². The third-order valence-corrected chi connectivity index (χ3v) is 7.03. The monoisotopic (exact) mass is 470 g/mol. The Morgan fingerprint density at radius 3 is 2.53 bits per heavy atom. The molecule has 1 aliphatic carbocycles. The van der Waals surface area contributed by atoms with Crippen LogP contribution in [0.4, 0.5) is 24.7 Å². The van der Waals surface area contributed by atoms with Crippen molar-refractivity contribution in [2.24, 2.45) is 0 Å². The van der Waals surface area contributed by atoms with E-state index in [1.54, 1.807) is 6.07 Å². The number of nitrogens with one attached hydrogen (secondary N) is 1. The first kappa shape index (κ1) is 22.9. The number of hydrogen-bond donors (Lipinski definition) is 2. The Kier molecular flexibility index (Phi) is 5.88. The number of aromatic nitrogens is 2. The molecule has 1 fully saturated rings. The van der Waals surface area contributed by atoms with Crippen LogP contribution in [-0.2, 0) is 23.8 Å². The molecule has 8 heteroatoms. The number of nitrogens with two attached hydrogens (primary N) is 1. The Hall–Kier alpha value is -2.87. The molecule has 5 nitrogen and oxygen atoms in total. The normalized spacial score (nSPS) is 17.7. The van der Waals surface area contributed by atoms with Crippen molar-refractivity contribution in [1.82, 2.24) is 9.97 Å². The van der Waals surface area contributed by atoms with Gasteiger partial charge in [0.2, 0.25) is 0 Å². The molecule has 1 unspecified atom stereocenters. The molecule has 3 aromatic rings. The maximum Gasteiger partial charge on any atom is 0.416 e. The minimum atomic E-state index is -4.46. The average Bonchev–Trinajstić information content (AvgIpc) is 3.28. The van der Waals surface area contributed by atoms with E-state index < -0.39 is 17.8 Å². The van der Waals surface area contributed by atoms with Crippen molar-refractivity contribution < 1.29 is 17.9 Å². The van der Waals surface area contributed by atoms with Crippen molar-refractivity contribution in [3.05, 3.63) is 57.9 Å². The van der Waals surface area contributed by atoms with E-state index >= 15 is 0 Å². The summed E-state index contributed by atoms with van der Waals surface area (Å²) in [7, 11) is 0. The average molecular weight is 471 g/mol. The third kappa shape index (κ3) is 4.31. The molecule has 0 radical (unpaired) electrons. The number of rotatable bonds is 4. The lowest BCUT2D eigenvalue weighted by Crippen LogP contribution is -2.16. The smallest absolute Gasteiger partial charge is 0.399 e. The Labute approximate surface area is 196 Å². The van der Waals surface area contributed by atoms with Gasteiger partial charge in [-0.3, -0.25) is 0 Å². The van der Waals surface area contributed by atoms with E-state index in [1.807, 2.05) is 13.8 Å². The lowest BCUT2D eigenvalue weighted by Gasteiger charge is -2.26. The van der Waals surface area contributed by atoms with Crippen LogP contribution in [0.25, 0.3) is 10.9 Å². The van der Waals surface area contributed by atoms with Gasteiger partial charge in [-0.15, -0.1) is 0 Å². The summed E-state index contributed by atoms with van der Waals surface area (Å²) >= 11 is 0. The highest BCUT2D eigenvalue weighted by Gasteiger charge is 2.32. The van der Waals surface area contributed by atoms with Crippen LogP contribution in [0.15, 0.2) is 24.3 Å². The van der Waals surface area contributed by atoms with Crippen molar-refractivity contribution in [1.29, 1.82) is 0 Å². The van der Waals surface area contributed by atoms with Crippen LogP contribution in [0.2, 0.25) is 0 Å². The second-order valence-corrected chi connectivity index (χ2v) is 9.43. The molecule has 1 aliphatic heterocycles. The second-order valence-electron chi connectivity index (χ2n) is 9.43. The number of nitrogen functional groups attached to an aromatic ring is 1. The Morgan fingerprint density at radius 1 is 1.06 bits per heavy atom. The summed E-state index contributed by atoms with van der Waals surface area (Å²) < 4.78 is 45.6. The van der Waals surface area contributed by atoms with E-state index in [0.717, 1.165) is 68.4 Å². The molecular formula is C26H29F3N4O. The van der Waals surface area contributed by atoms with E-state index in [2.05, 4.69) is 16.4 Å². The molecule has 0 bridgehead atoms. The maximum atomic E-state index is 13.3. The Morgan fingerprint density at radius 2 is 1.79 bits per heavy atom. The van der Waals surface area contributed by atoms with Crippen molar-refractivity contribution in [2.45, 2.75) is 64.1 Å². The molecule has 0 saturated carbocycles. The number of ether oxygens (including phenoxy) is 1. The molecule has 2 heterocycles. The van der Waals surface area contributed by atoms with Gasteiger partial charge in [-0.25, -0.2) is 9.97 Å². The van der Waals surface area contributed by atoms with Gasteiger partial charge < -0.3 is 15.8 Å². The van der Waals surface area contributed by atoms with Gasteiger partial charge in [-0.2, -0.15) is 13.2 Å². The largest absolute Gasteiger partial charge is 0.416 e. The zero-order valence-electron chi connectivity index (χ0n) is 19.4. The summed E-state index contributed by atoms with van der Waals surface area (Å²) in [5.74, 6) is 1.73. The van der Waals surface area contributed by atoms with Gasteiger partial charge in [0.25, 0.3) is 0 Å². The lowest BCUT2D eigenvalue weighted by atomic mass is 9.85. The molecular weight excluding hydrogens is 441 g/mol. The lowest BCUT2D eigenvalue weighted by molar-refractivity contribution is -0.137. The summed E-state index contributed by atoms with van der Waals surface area (Å²) in [6.45, 7) is 5.21. The summed E-state index contributed by atoms with van der Waals surface area (Å²) in [6.07, 6.45) is 0.681. The number of alkyl halides is 3. The molecule has 34 heavy (non-hydrogen) atoms. The summed E-state index contributed by atoms with van der Waals surface area (Å²) in [5.41, 5.74) is 10.6. The first-order valence-electron chi connectivity index (χ1n) is 11.9. The van der Waals surface area contributed by atoms with Crippen LogP contribution in [0.3, 0.4) is 0 Å². The van der Waals surface area contributed by atoms with Gasteiger partial charge >= 0.3 is 6.18 Å². The van der Waals surface area contributed by atoms with E-state index in [0.29, 0.717) is 23.1 Å². The molecule has 2 aliphatic rings. The zero-order valence-corrected chi connectivity index (χ0v) is 19.4. The minimum Gasteiger partial charge on any atom is -0.399 e. The Balaban J connectivity index is 1.58. The predicted octanol–water partition coefficient (Wildman–Crippen LogP) is 6.10. The van der Waals surface area contributed by atoms with E-state index in [1.165, 1.54) is 16.7 Å².